The number of thioether (sulfide) groups is 1. The first kappa shape index (κ1) is 31.4. The van der Waals surface area contributed by atoms with Gasteiger partial charge in [0.25, 0.3) is 11.8 Å². The van der Waals surface area contributed by atoms with Gasteiger partial charge in [-0.15, -0.1) is 39.4 Å². The topological polar surface area (TPSA) is 217 Å². The van der Waals surface area contributed by atoms with Gasteiger partial charge in [-0.05, 0) is 18.6 Å². The summed E-state index contributed by atoms with van der Waals surface area (Å²) >= 11 is 3.58. The normalized spacial score (nSPS) is 17.8. The van der Waals surface area contributed by atoms with Crippen molar-refractivity contribution in [2.75, 3.05) is 18.1 Å². The molecule has 0 bridgehead atoms. The van der Waals surface area contributed by atoms with Gasteiger partial charge >= 0.3 is 11.9 Å². The van der Waals surface area contributed by atoms with Crippen LogP contribution in [0.15, 0.2) is 68.9 Å². The molecule has 230 valence electrons. The van der Waals surface area contributed by atoms with E-state index in [2.05, 4.69) is 25.4 Å². The van der Waals surface area contributed by atoms with Crippen LogP contribution in [0.5, 0.6) is 0 Å². The molecule has 2 aliphatic heterocycles. The highest BCUT2D eigenvalue weighted by atomic mass is 32.2. The van der Waals surface area contributed by atoms with Crippen molar-refractivity contribution in [2.24, 2.45) is 10.1 Å². The van der Waals surface area contributed by atoms with Crippen LogP contribution in [0, 0.1) is 5.41 Å². The molecule has 0 radical (unpaired) electrons. The highest BCUT2D eigenvalue weighted by Crippen LogP contribution is 2.40. The van der Waals surface area contributed by atoms with Crippen molar-refractivity contribution in [1.82, 2.24) is 20.2 Å². The lowest BCUT2D eigenvalue weighted by molar-refractivity contribution is -0.686. The van der Waals surface area contributed by atoms with Gasteiger partial charge in [0.1, 0.15) is 29.4 Å². The van der Waals surface area contributed by atoms with Crippen LogP contribution in [-0.4, -0.2) is 79.2 Å². The van der Waals surface area contributed by atoms with Gasteiger partial charge in [0.05, 0.1) is 11.7 Å². The van der Waals surface area contributed by atoms with Crippen LogP contribution in [0.3, 0.4) is 0 Å². The average molecular weight is 667 g/mol. The van der Waals surface area contributed by atoms with Crippen LogP contribution in [-0.2, 0) is 25.8 Å². The molecule has 0 aliphatic carbocycles. The number of nitrogens with two attached hydrogens (primary N) is 1. The molecule has 45 heavy (non-hydrogen) atoms. The first-order chi connectivity index (χ1) is 21.7. The van der Waals surface area contributed by atoms with E-state index in [4.69, 9.17) is 16.0 Å². The zero-order chi connectivity index (χ0) is 32.1. The van der Waals surface area contributed by atoms with E-state index in [1.165, 1.54) is 16.7 Å². The second-order valence-corrected chi connectivity index (χ2v) is 12.1. The van der Waals surface area contributed by atoms with Gasteiger partial charge in [-0.25, -0.2) is 24.7 Å². The van der Waals surface area contributed by atoms with Crippen molar-refractivity contribution >= 4 is 75.0 Å². The van der Waals surface area contributed by atoms with Crippen LogP contribution in [0.25, 0.3) is 11.3 Å². The van der Waals surface area contributed by atoms with Gasteiger partial charge in [-0.2, -0.15) is 0 Å². The molecule has 15 nitrogen and oxygen atoms in total. The minimum Gasteiger partial charge on any atom is -0.477 e. The van der Waals surface area contributed by atoms with Gasteiger partial charge in [-0.3, -0.25) is 19.3 Å². The van der Waals surface area contributed by atoms with Crippen LogP contribution >= 0.6 is 34.4 Å². The SMILES string of the molecule is CCO/N=C(\C(=O)N[C@@H]1C(=O)N2C(C(=O)O)=C(/C=C/C[n+]3ccc(-c4csc(C(=O)N=C=N)n4)cc3)CS[C@H]12)c1csc(N)n1. The number of β-lactam (4-membered cyclic amide) rings is 1. The molecule has 0 saturated carbocycles. The number of allylic oxidation sites excluding steroid dienone is 2. The Morgan fingerprint density at radius 1 is 1.29 bits per heavy atom. The molecule has 0 unspecified atom stereocenters. The number of carbonyl (C=O) groups is 4. The second-order valence-electron chi connectivity index (χ2n) is 9.22. The van der Waals surface area contributed by atoms with Crippen LogP contribution < -0.4 is 15.6 Å². The maximum Gasteiger partial charge on any atom is 0.352 e. The molecule has 3 aromatic rings. The number of hydrogen-bond donors (Lipinski definition) is 4. The van der Waals surface area contributed by atoms with Crippen molar-refractivity contribution < 1.29 is 33.7 Å². The lowest BCUT2D eigenvalue weighted by Crippen LogP contribution is -2.71. The number of nitrogens with zero attached hydrogens (tertiary/aromatic N) is 6. The zero-order valence-electron chi connectivity index (χ0n) is 23.4. The van der Waals surface area contributed by atoms with E-state index in [9.17, 15) is 24.3 Å². The Bertz CT molecular complexity index is 1810. The lowest BCUT2D eigenvalue weighted by Gasteiger charge is -2.49. The van der Waals surface area contributed by atoms with Crippen LogP contribution in [0.4, 0.5) is 5.13 Å². The molecule has 2 atom stereocenters. The number of rotatable bonds is 11. The Labute approximate surface area is 267 Å². The molecule has 5 rings (SSSR count). The smallest absolute Gasteiger partial charge is 0.352 e. The molecule has 5 heterocycles. The largest absolute Gasteiger partial charge is 0.477 e. The third-order valence-corrected chi connectivity index (χ3v) is 9.22. The first-order valence-corrected chi connectivity index (χ1v) is 15.9. The number of pyridine rings is 1. The quantitative estimate of drug-likeness (QED) is 0.101. The van der Waals surface area contributed by atoms with Gasteiger partial charge in [-0.1, -0.05) is 11.2 Å². The van der Waals surface area contributed by atoms with Crippen molar-refractivity contribution in [2.45, 2.75) is 24.9 Å². The molecule has 3 aromatic heterocycles. The molecular formula is C27H24N9O6S3+. The Hall–Kier alpha value is -5.03. The molecule has 0 spiro atoms. The predicted molar refractivity (Wildman–Crippen MR) is 166 cm³/mol. The monoisotopic (exact) mass is 666 g/mol. The number of anilines is 1. The average Bonchev–Trinajstić information content (AvgIpc) is 3.70. The van der Waals surface area contributed by atoms with E-state index < -0.39 is 35.1 Å². The Morgan fingerprint density at radius 3 is 2.73 bits per heavy atom. The van der Waals surface area contributed by atoms with E-state index in [0.29, 0.717) is 23.6 Å². The van der Waals surface area contributed by atoms with E-state index in [1.54, 1.807) is 35.8 Å². The fraction of sp³-hybridized carbons (Fsp3) is 0.222. The second kappa shape index (κ2) is 13.7. The summed E-state index contributed by atoms with van der Waals surface area (Å²) in [6, 6.07) is 4.38. The maximum atomic E-state index is 13.1. The molecule has 0 aromatic carbocycles. The molecule has 2 aliphatic rings. The van der Waals surface area contributed by atoms with Gasteiger partial charge in [0.15, 0.2) is 34.8 Å². The number of carboxylic acid groups (broad SMARTS) is 1. The fourth-order valence-corrected chi connectivity index (χ4v) is 6.96. The number of aliphatic carboxylic acids is 1. The van der Waals surface area contributed by atoms with E-state index in [0.717, 1.165) is 28.2 Å². The Balaban J connectivity index is 1.25. The minimum absolute atomic E-state index is 0.137. The summed E-state index contributed by atoms with van der Waals surface area (Å²) in [6.45, 7) is 2.32. The van der Waals surface area contributed by atoms with Gasteiger partial charge in [0.2, 0.25) is 0 Å². The number of amides is 3. The van der Waals surface area contributed by atoms with Crippen molar-refractivity contribution in [1.29, 1.82) is 5.41 Å². The van der Waals surface area contributed by atoms with E-state index in [-0.39, 0.29) is 33.8 Å². The molecule has 3 amide bonds. The third-order valence-electron chi connectivity index (χ3n) is 6.42. The van der Waals surface area contributed by atoms with E-state index >= 15 is 0 Å². The van der Waals surface area contributed by atoms with Crippen molar-refractivity contribution in [3.63, 3.8) is 0 Å². The Kier molecular flexibility index (Phi) is 9.58. The predicted octanol–water partition coefficient (Wildman–Crippen LogP) is 1.76. The first-order valence-electron chi connectivity index (χ1n) is 13.1. The minimum atomic E-state index is -1.25. The number of carbonyl (C=O) groups excluding carboxylic acids is 3. The third kappa shape index (κ3) is 6.73. The number of oxime groups is 1. The number of carboxylic acids is 1. The van der Waals surface area contributed by atoms with Crippen molar-refractivity contribution in [3.05, 3.63) is 69.4 Å². The standard InChI is InChI=1S/C27H23N9O6S3/c1-2-42-34-18(17-12-45-27(29)32-17)21(37)33-19-24(39)36-20(26(40)41)15(10-44-25(19)36)4-3-7-35-8-5-14(6-9-35)16-11-43-23(31-16)22(38)30-13-28/h3-6,8-9,11-12,19,25,28H,2,7,10H2,1H3,(H3-,29,32,33,37,40,41)/p+1/b4-3+,34-18-/t19-,25-/m1/s1. The lowest BCUT2D eigenvalue weighted by atomic mass is 10.0. The van der Waals surface area contributed by atoms with E-state index in [1.807, 2.05) is 29.1 Å². The van der Waals surface area contributed by atoms with Crippen LogP contribution in [0.2, 0.25) is 0 Å². The number of nitrogens with one attached hydrogen (secondary N) is 2. The molecule has 1 fully saturated rings. The summed E-state index contributed by atoms with van der Waals surface area (Å²) in [5.74, 6) is -2.82. The number of aliphatic imine (C=N–C) groups is 1. The number of hydrogen-bond acceptors (Lipinski definition) is 13. The number of fused-ring (bicyclic) bond motifs is 1. The van der Waals surface area contributed by atoms with Crippen LogP contribution in [0.1, 0.15) is 22.4 Å². The number of nitrogen functional groups attached to an aromatic ring is 1. The summed E-state index contributed by atoms with van der Waals surface area (Å²) in [7, 11) is 0. The summed E-state index contributed by atoms with van der Waals surface area (Å²) in [4.78, 5) is 68.0. The highest BCUT2D eigenvalue weighted by molar-refractivity contribution is 8.00. The Morgan fingerprint density at radius 2 is 2.07 bits per heavy atom. The fourth-order valence-electron chi connectivity index (χ4n) is 4.38. The maximum absolute atomic E-state index is 13.1. The summed E-state index contributed by atoms with van der Waals surface area (Å²) in [6.07, 6.45) is 7.08. The molecular weight excluding hydrogens is 643 g/mol. The molecule has 5 N–H and O–H groups in total. The number of aromatic nitrogens is 3. The van der Waals surface area contributed by atoms with Gasteiger partial charge < -0.3 is 21.0 Å². The number of thiazole rings is 2. The molecule has 18 heteroatoms. The van der Waals surface area contributed by atoms with Crippen molar-refractivity contribution in [3.8, 4) is 11.3 Å². The summed E-state index contributed by atoms with van der Waals surface area (Å²) in [5.41, 5.74) is 7.45. The summed E-state index contributed by atoms with van der Waals surface area (Å²) < 4.78 is 1.86. The van der Waals surface area contributed by atoms with Gasteiger partial charge in [0, 0.05) is 34.2 Å². The highest BCUT2D eigenvalue weighted by Gasteiger charge is 2.54. The summed E-state index contributed by atoms with van der Waals surface area (Å²) in [5, 5.41) is 26.3. The molecule has 1 saturated heterocycles. The zero-order valence-corrected chi connectivity index (χ0v) is 25.8.